The van der Waals surface area contributed by atoms with Crippen molar-refractivity contribution in [3.63, 3.8) is 0 Å². The molecule has 2 aromatic rings. The molecule has 2 rings (SSSR count). The van der Waals surface area contributed by atoms with E-state index in [0.29, 0.717) is 6.07 Å². The van der Waals surface area contributed by atoms with E-state index in [1.54, 1.807) is 0 Å². The van der Waals surface area contributed by atoms with Crippen molar-refractivity contribution in [3.05, 3.63) is 69.5 Å². The maximum absolute atomic E-state index is 13.6. The van der Waals surface area contributed by atoms with E-state index in [2.05, 4.69) is 0 Å². The molecule has 5 heteroatoms. The Bertz CT molecular complexity index is 683. The van der Waals surface area contributed by atoms with Crippen molar-refractivity contribution >= 4 is 17.4 Å². The van der Waals surface area contributed by atoms with Crippen LogP contribution in [0.3, 0.4) is 0 Å². The summed E-state index contributed by atoms with van der Waals surface area (Å²) in [6.45, 7) is 1.43. The molecule has 0 aliphatic carbocycles. The number of halogens is 4. The lowest BCUT2D eigenvalue weighted by atomic mass is 10.0. The van der Waals surface area contributed by atoms with Gasteiger partial charge in [0.25, 0.3) is 0 Å². The first-order valence-corrected chi connectivity index (χ1v) is 6.19. The zero-order chi connectivity index (χ0) is 14.9. The second-order valence-electron chi connectivity index (χ2n) is 4.42. The molecule has 0 heterocycles. The van der Waals surface area contributed by atoms with Gasteiger partial charge in [-0.1, -0.05) is 17.7 Å². The van der Waals surface area contributed by atoms with Gasteiger partial charge in [-0.05, 0) is 36.2 Å². The van der Waals surface area contributed by atoms with E-state index < -0.39 is 23.2 Å². The zero-order valence-corrected chi connectivity index (χ0v) is 11.3. The fraction of sp³-hybridized carbons (Fsp3) is 0.133. The van der Waals surface area contributed by atoms with Gasteiger partial charge in [0.05, 0.1) is 5.56 Å². The van der Waals surface area contributed by atoms with Crippen LogP contribution in [0.15, 0.2) is 30.3 Å². The first-order chi connectivity index (χ1) is 9.38. The molecular weight excluding hydrogens is 289 g/mol. The van der Waals surface area contributed by atoms with Crippen LogP contribution in [0.25, 0.3) is 0 Å². The molecule has 2 aromatic carbocycles. The third-order valence-corrected chi connectivity index (χ3v) is 3.15. The molecule has 0 radical (unpaired) electrons. The van der Waals surface area contributed by atoms with Gasteiger partial charge in [-0.15, -0.1) is 0 Å². The number of carbonyl (C=O) groups is 1. The fourth-order valence-electron chi connectivity index (χ4n) is 1.80. The normalized spacial score (nSPS) is 10.7. The maximum atomic E-state index is 13.6. The van der Waals surface area contributed by atoms with Gasteiger partial charge in [0, 0.05) is 17.5 Å². The van der Waals surface area contributed by atoms with Gasteiger partial charge >= 0.3 is 0 Å². The van der Waals surface area contributed by atoms with Crippen LogP contribution >= 0.6 is 11.6 Å². The van der Waals surface area contributed by atoms with E-state index in [-0.39, 0.29) is 28.1 Å². The quantitative estimate of drug-likeness (QED) is 0.763. The van der Waals surface area contributed by atoms with Gasteiger partial charge in [0.1, 0.15) is 17.5 Å². The minimum Gasteiger partial charge on any atom is -0.294 e. The highest BCUT2D eigenvalue weighted by Gasteiger charge is 2.16. The molecule has 1 nitrogen and oxygen atoms in total. The molecule has 0 unspecified atom stereocenters. The van der Waals surface area contributed by atoms with Crippen LogP contribution in [0.4, 0.5) is 13.2 Å². The number of hydrogen-bond donors (Lipinski definition) is 0. The Morgan fingerprint density at radius 1 is 1.05 bits per heavy atom. The second kappa shape index (κ2) is 5.67. The van der Waals surface area contributed by atoms with Crippen LogP contribution in [-0.4, -0.2) is 5.78 Å². The average molecular weight is 299 g/mol. The molecule has 0 aromatic heterocycles. The third-order valence-electron chi connectivity index (χ3n) is 2.91. The number of Topliss-reactive ketones (excluding diaryl/α,β-unsaturated/α-hetero) is 1. The van der Waals surface area contributed by atoms with E-state index in [1.807, 2.05) is 0 Å². The molecule has 0 saturated carbocycles. The SMILES string of the molecule is Cc1cc(C(=O)Cc2ccc(Cl)cc2F)c(F)cc1F. The molecule has 104 valence electrons. The van der Waals surface area contributed by atoms with Gasteiger partial charge in [-0.3, -0.25) is 4.79 Å². The third kappa shape index (κ3) is 3.02. The largest absolute Gasteiger partial charge is 0.294 e. The van der Waals surface area contributed by atoms with Crippen molar-refractivity contribution in [2.45, 2.75) is 13.3 Å². The summed E-state index contributed by atoms with van der Waals surface area (Å²) in [6.07, 6.45) is -0.314. The summed E-state index contributed by atoms with van der Waals surface area (Å²) in [7, 11) is 0. The summed E-state index contributed by atoms with van der Waals surface area (Å²) in [4.78, 5) is 12.0. The van der Waals surface area contributed by atoms with Gasteiger partial charge in [-0.2, -0.15) is 0 Å². The van der Waals surface area contributed by atoms with Crippen molar-refractivity contribution in [2.75, 3.05) is 0 Å². The highest BCUT2D eigenvalue weighted by atomic mass is 35.5. The topological polar surface area (TPSA) is 17.1 Å². The number of rotatable bonds is 3. The smallest absolute Gasteiger partial charge is 0.170 e. The number of carbonyl (C=O) groups excluding carboxylic acids is 1. The van der Waals surface area contributed by atoms with Crippen molar-refractivity contribution in [1.29, 1.82) is 0 Å². The first kappa shape index (κ1) is 14.6. The first-order valence-electron chi connectivity index (χ1n) is 5.81. The monoisotopic (exact) mass is 298 g/mol. The predicted molar refractivity (Wildman–Crippen MR) is 70.5 cm³/mol. The molecule has 0 aliphatic heterocycles. The standard InChI is InChI=1S/C15H10ClF3O/c1-8-4-11(14(19)7-12(8)17)15(20)5-9-2-3-10(16)6-13(9)18/h2-4,6-7H,5H2,1H3. The molecule has 0 amide bonds. The van der Waals surface area contributed by atoms with Crippen molar-refractivity contribution < 1.29 is 18.0 Å². The lowest BCUT2D eigenvalue weighted by Gasteiger charge is -2.06. The molecule has 0 spiro atoms. The molecule has 20 heavy (non-hydrogen) atoms. The van der Waals surface area contributed by atoms with E-state index >= 15 is 0 Å². The summed E-state index contributed by atoms with van der Waals surface area (Å²) in [6, 6.07) is 5.67. The number of hydrogen-bond acceptors (Lipinski definition) is 1. The molecule has 0 fully saturated rings. The van der Waals surface area contributed by atoms with Gasteiger partial charge < -0.3 is 0 Å². The molecule has 0 aliphatic rings. The highest BCUT2D eigenvalue weighted by Crippen LogP contribution is 2.19. The van der Waals surface area contributed by atoms with Crippen LogP contribution in [0.1, 0.15) is 21.5 Å². The minimum atomic E-state index is -0.951. The Morgan fingerprint density at radius 3 is 2.40 bits per heavy atom. The minimum absolute atomic E-state index is 0.112. The Hall–Kier alpha value is -1.81. The van der Waals surface area contributed by atoms with Crippen LogP contribution in [0.5, 0.6) is 0 Å². The van der Waals surface area contributed by atoms with Crippen molar-refractivity contribution in [2.24, 2.45) is 0 Å². The Kier molecular flexibility index (Phi) is 4.14. The maximum Gasteiger partial charge on any atom is 0.170 e. The molecule has 0 N–H and O–H groups in total. The van der Waals surface area contributed by atoms with E-state index in [0.717, 1.165) is 12.1 Å². The number of benzene rings is 2. The Balaban J connectivity index is 2.31. The van der Waals surface area contributed by atoms with Gasteiger partial charge in [-0.25, -0.2) is 13.2 Å². The Labute approximate surface area is 119 Å². The lowest BCUT2D eigenvalue weighted by molar-refractivity contribution is 0.0988. The van der Waals surface area contributed by atoms with Crippen LogP contribution in [0.2, 0.25) is 5.02 Å². The number of aryl methyl sites for hydroxylation is 1. The number of ketones is 1. The highest BCUT2D eigenvalue weighted by molar-refractivity contribution is 6.30. The zero-order valence-electron chi connectivity index (χ0n) is 10.5. The summed E-state index contributed by atoms with van der Waals surface area (Å²) < 4.78 is 40.3. The van der Waals surface area contributed by atoms with Crippen molar-refractivity contribution in [1.82, 2.24) is 0 Å². The van der Waals surface area contributed by atoms with E-state index in [1.165, 1.54) is 19.1 Å². The molecular formula is C15H10ClF3O. The van der Waals surface area contributed by atoms with E-state index in [4.69, 9.17) is 11.6 Å². The van der Waals surface area contributed by atoms with Gasteiger partial charge in [0.2, 0.25) is 0 Å². The second-order valence-corrected chi connectivity index (χ2v) is 4.85. The molecule has 0 saturated heterocycles. The summed E-state index contributed by atoms with van der Waals surface area (Å²) in [5.74, 6) is -2.93. The Morgan fingerprint density at radius 2 is 1.75 bits per heavy atom. The predicted octanol–water partition coefficient (Wildman–Crippen LogP) is 4.49. The summed E-state index contributed by atoms with van der Waals surface area (Å²) in [5.41, 5.74) is 0.0188. The van der Waals surface area contributed by atoms with Gasteiger partial charge in [0.15, 0.2) is 5.78 Å². The van der Waals surface area contributed by atoms with Crippen LogP contribution in [0, 0.1) is 24.4 Å². The fourth-order valence-corrected chi connectivity index (χ4v) is 1.96. The van der Waals surface area contributed by atoms with Crippen LogP contribution in [-0.2, 0) is 6.42 Å². The average Bonchev–Trinajstić information content (AvgIpc) is 2.37. The summed E-state index contributed by atoms with van der Waals surface area (Å²) in [5, 5.41) is 0.211. The molecule has 0 atom stereocenters. The summed E-state index contributed by atoms with van der Waals surface area (Å²) >= 11 is 5.61. The molecule has 0 bridgehead atoms. The van der Waals surface area contributed by atoms with Crippen LogP contribution < -0.4 is 0 Å². The van der Waals surface area contributed by atoms with Crippen molar-refractivity contribution in [3.8, 4) is 0 Å². The van der Waals surface area contributed by atoms with E-state index in [9.17, 15) is 18.0 Å². The lowest BCUT2D eigenvalue weighted by Crippen LogP contribution is -2.08.